The molecule has 6 heteroatoms. The van der Waals surface area contributed by atoms with E-state index >= 15 is 0 Å². The van der Waals surface area contributed by atoms with Gasteiger partial charge < -0.3 is 14.2 Å². The molecule has 0 unspecified atom stereocenters. The topological polar surface area (TPSA) is 44.8 Å². The van der Waals surface area contributed by atoms with E-state index in [1.165, 1.54) is 0 Å². The predicted octanol–water partition coefficient (Wildman–Crippen LogP) is 4.10. The number of halogens is 2. The molecule has 0 aliphatic rings. The van der Waals surface area contributed by atoms with Crippen LogP contribution < -0.4 is 14.2 Å². The molecule has 0 spiro atoms. The van der Waals surface area contributed by atoms with Crippen molar-refractivity contribution in [2.24, 2.45) is 0 Å². The van der Waals surface area contributed by atoms with E-state index in [4.69, 9.17) is 25.8 Å². The van der Waals surface area contributed by atoms with Gasteiger partial charge in [-0.15, -0.1) is 0 Å². The number of rotatable bonds is 5. The lowest BCUT2D eigenvalue weighted by atomic mass is 10.3. The van der Waals surface area contributed by atoms with E-state index in [1.807, 2.05) is 0 Å². The third kappa shape index (κ3) is 4.65. The van der Waals surface area contributed by atoms with Crippen molar-refractivity contribution in [1.29, 1.82) is 0 Å². The highest BCUT2D eigenvalue weighted by Gasteiger charge is 2.08. The first kappa shape index (κ1) is 15.7. The van der Waals surface area contributed by atoms with Crippen molar-refractivity contribution in [3.8, 4) is 17.2 Å². The van der Waals surface area contributed by atoms with Gasteiger partial charge >= 0.3 is 5.97 Å². The van der Waals surface area contributed by atoms with Gasteiger partial charge in [0.1, 0.15) is 17.2 Å². The molecule has 0 saturated heterocycles. The molecule has 0 aliphatic heterocycles. The number of carbonyl (C=O) groups excluding carboxylic acids is 1. The van der Waals surface area contributed by atoms with Gasteiger partial charge in [0.15, 0.2) is 6.61 Å². The van der Waals surface area contributed by atoms with Crippen LogP contribution in [0.15, 0.2) is 46.9 Å². The Kier molecular flexibility index (Phi) is 5.47. The number of methoxy groups -OCH3 is 1. The maximum Gasteiger partial charge on any atom is 0.349 e. The van der Waals surface area contributed by atoms with Crippen molar-refractivity contribution in [3.63, 3.8) is 0 Å². The lowest BCUT2D eigenvalue weighted by molar-refractivity contribution is -0.136. The van der Waals surface area contributed by atoms with Gasteiger partial charge in [-0.2, -0.15) is 0 Å². The predicted molar refractivity (Wildman–Crippen MR) is 83.3 cm³/mol. The van der Waals surface area contributed by atoms with E-state index in [0.29, 0.717) is 26.7 Å². The van der Waals surface area contributed by atoms with Crippen molar-refractivity contribution in [2.75, 3.05) is 13.7 Å². The summed E-state index contributed by atoms with van der Waals surface area (Å²) in [6.07, 6.45) is 0. The zero-order valence-corrected chi connectivity index (χ0v) is 13.5. The fourth-order valence-electron chi connectivity index (χ4n) is 1.53. The smallest absolute Gasteiger partial charge is 0.349 e. The number of ether oxygens (including phenoxy) is 3. The Hall–Kier alpha value is -1.72. The first-order chi connectivity index (χ1) is 10.1. The fourth-order valence-corrected chi connectivity index (χ4v) is 2.33. The Morgan fingerprint density at radius 3 is 2.43 bits per heavy atom. The molecule has 0 atom stereocenters. The molecule has 0 saturated carbocycles. The Morgan fingerprint density at radius 2 is 1.81 bits per heavy atom. The standard InChI is InChI=1S/C15H12BrClO4/c1-19-11-3-5-12(6-4-11)21-15(18)9-20-14-7-2-10(17)8-13(14)16/h2-8H,9H2,1H3. The molecule has 0 N–H and O–H groups in total. The van der Waals surface area contributed by atoms with Gasteiger partial charge in [0.25, 0.3) is 0 Å². The van der Waals surface area contributed by atoms with Crippen LogP contribution in [0.25, 0.3) is 0 Å². The molecule has 2 rings (SSSR count). The molecule has 0 bridgehead atoms. The summed E-state index contributed by atoms with van der Waals surface area (Å²) in [4.78, 5) is 11.7. The van der Waals surface area contributed by atoms with Gasteiger partial charge in [-0.1, -0.05) is 11.6 Å². The summed E-state index contributed by atoms with van der Waals surface area (Å²) in [5.41, 5.74) is 0. The van der Waals surface area contributed by atoms with E-state index in [-0.39, 0.29) is 6.61 Å². The minimum absolute atomic E-state index is 0.202. The van der Waals surface area contributed by atoms with E-state index in [2.05, 4.69) is 15.9 Å². The minimum atomic E-state index is -0.498. The number of hydrogen-bond acceptors (Lipinski definition) is 4. The second kappa shape index (κ2) is 7.33. The van der Waals surface area contributed by atoms with Crippen molar-refractivity contribution >= 4 is 33.5 Å². The molecular formula is C15H12BrClO4. The zero-order chi connectivity index (χ0) is 15.2. The van der Waals surface area contributed by atoms with Gasteiger partial charge in [-0.25, -0.2) is 4.79 Å². The van der Waals surface area contributed by atoms with Gasteiger partial charge in [0.2, 0.25) is 0 Å². The highest BCUT2D eigenvalue weighted by molar-refractivity contribution is 9.10. The molecule has 0 aliphatic carbocycles. The zero-order valence-electron chi connectivity index (χ0n) is 11.1. The van der Waals surface area contributed by atoms with Crippen molar-refractivity contribution in [1.82, 2.24) is 0 Å². The Labute approximate surface area is 135 Å². The highest BCUT2D eigenvalue weighted by Crippen LogP contribution is 2.28. The molecule has 0 fully saturated rings. The number of benzene rings is 2. The monoisotopic (exact) mass is 370 g/mol. The maximum absolute atomic E-state index is 11.7. The molecule has 0 amide bonds. The van der Waals surface area contributed by atoms with E-state index in [1.54, 1.807) is 49.6 Å². The summed E-state index contributed by atoms with van der Waals surface area (Å²) in [7, 11) is 1.57. The summed E-state index contributed by atoms with van der Waals surface area (Å²) in [6, 6.07) is 11.7. The third-order valence-corrected chi connectivity index (χ3v) is 3.39. The summed E-state index contributed by atoms with van der Waals surface area (Å²) in [5, 5.41) is 0.579. The summed E-state index contributed by atoms with van der Waals surface area (Å²) < 4.78 is 16.2. The van der Waals surface area contributed by atoms with Crippen LogP contribution in [0.5, 0.6) is 17.2 Å². The maximum atomic E-state index is 11.7. The van der Waals surface area contributed by atoms with Crippen molar-refractivity contribution < 1.29 is 19.0 Å². The Bertz CT molecular complexity index is 628. The molecule has 4 nitrogen and oxygen atoms in total. The average Bonchev–Trinajstić information content (AvgIpc) is 2.47. The quantitative estimate of drug-likeness (QED) is 0.586. The van der Waals surface area contributed by atoms with Crippen LogP contribution >= 0.6 is 27.5 Å². The van der Waals surface area contributed by atoms with Crippen LogP contribution in [-0.4, -0.2) is 19.7 Å². The number of hydrogen-bond donors (Lipinski definition) is 0. The number of esters is 1. The van der Waals surface area contributed by atoms with Crippen LogP contribution in [0.2, 0.25) is 5.02 Å². The first-order valence-electron chi connectivity index (χ1n) is 6.01. The first-order valence-corrected chi connectivity index (χ1v) is 7.18. The second-order valence-corrected chi connectivity index (χ2v) is 5.30. The van der Waals surface area contributed by atoms with Crippen LogP contribution in [0.4, 0.5) is 0 Å². The molecule has 0 aromatic heterocycles. The SMILES string of the molecule is COc1ccc(OC(=O)COc2ccc(Cl)cc2Br)cc1. The minimum Gasteiger partial charge on any atom is -0.497 e. The molecule has 0 heterocycles. The highest BCUT2D eigenvalue weighted by atomic mass is 79.9. The molecule has 110 valence electrons. The molecular weight excluding hydrogens is 360 g/mol. The number of carbonyl (C=O) groups is 1. The van der Waals surface area contributed by atoms with Gasteiger partial charge in [-0.05, 0) is 58.4 Å². The van der Waals surface area contributed by atoms with E-state index in [9.17, 15) is 4.79 Å². The van der Waals surface area contributed by atoms with Crippen LogP contribution in [0.3, 0.4) is 0 Å². The Morgan fingerprint density at radius 1 is 1.14 bits per heavy atom. The molecule has 2 aromatic rings. The van der Waals surface area contributed by atoms with Gasteiger partial charge in [0.05, 0.1) is 11.6 Å². The van der Waals surface area contributed by atoms with E-state index in [0.717, 1.165) is 0 Å². The fraction of sp³-hybridized carbons (Fsp3) is 0.133. The average molecular weight is 372 g/mol. The van der Waals surface area contributed by atoms with Crippen LogP contribution in [0.1, 0.15) is 0 Å². The van der Waals surface area contributed by atoms with Crippen molar-refractivity contribution in [3.05, 3.63) is 52.0 Å². The van der Waals surface area contributed by atoms with Crippen molar-refractivity contribution in [2.45, 2.75) is 0 Å². The van der Waals surface area contributed by atoms with Crippen LogP contribution in [0, 0.1) is 0 Å². The van der Waals surface area contributed by atoms with Gasteiger partial charge in [0, 0.05) is 5.02 Å². The largest absolute Gasteiger partial charge is 0.497 e. The van der Waals surface area contributed by atoms with Gasteiger partial charge in [-0.3, -0.25) is 0 Å². The summed E-state index contributed by atoms with van der Waals surface area (Å²) in [5.74, 6) is 1.14. The Balaban J connectivity index is 1.89. The summed E-state index contributed by atoms with van der Waals surface area (Å²) >= 11 is 9.13. The second-order valence-electron chi connectivity index (χ2n) is 4.01. The lowest BCUT2D eigenvalue weighted by Crippen LogP contribution is -2.17. The molecule has 21 heavy (non-hydrogen) atoms. The van der Waals surface area contributed by atoms with Crippen LogP contribution in [-0.2, 0) is 4.79 Å². The van der Waals surface area contributed by atoms with E-state index < -0.39 is 5.97 Å². The lowest BCUT2D eigenvalue weighted by Gasteiger charge is -2.08. The summed E-state index contributed by atoms with van der Waals surface area (Å²) in [6.45, 7) is -0.202. The normalized spacial score (nSPS) is 10.0. The molecule has 0 radical (unpaired) electrons. The molecule has 2 aromatic carbocycles. The third-order valence-electron chi connectivity index (χ3n) is 2.53.